The van der Waals surface area contributed by atoms with Gasteiger partial charge in [-0.2, -0.15) is 0 Å². The second-order valence-electron chi connectivity index (χ2n) is 7.48. The average molecular weight is 416 g/mol. The molecule has 0 spiro atoms. The molecule has 4 aromatic heterocycles. The van der Waals surface area contributed by atoms with Crippen LogP contribution in [0.4, 0.5) is 5.82 Å². The molecule has 3 N–H and O–H groups in total. The minimum absolute atomic E-state index is 0.0362. The largest absolute Gasteiger partial charge is 0.355 e. The van der Waals surface area contributed by atoms with Crippen molar-refractivity contribution in [1.29, 1.82) is 0 Å². The maximum atomic E-state index is 12.4. The van der Waals surface area contributed by atoms with Gasteiger partial charge in [0.2, 0.25) is 5.91 Å². The molecule has 2 amide bonds. The Kier molecular flexibility index (Phi) is 4.46. The van der Waals surface area contributed by atoms with Crippen LogP contribution in [0.3, 0.4) is 0 Å². The zero-order valence-corrected chi connectivity index (χ0v) is 17.0. The van der Waals surface area contributed by atoms with Crippen molar-refractivity contribution in [1.82, 2.24) is 35.0 Å². The summed E-state index contributed by atoms with van der Waals surface area (Å²) < 4.78 is 1.61. The average Bonchev–Trinajstić information content (AvgIpc) is 3.39. The van der Waals surface area contributed by atoms with Crippen molar-refractivity contribution in [2.45, 2.75) is 12.8 Å². The molecule has 0 saturated heterocycles. The first-order valence-corrected chi connectivity index (χ1v) is 9.91. The lowest BCUT2D eigenvalue weighted by molar-refractivity contribution is -0.117. The Hall–Kier alpha value is -4.08. The smallest absolute Gasteiger partial charge is 0.253 e. The highest BCUT2D eigenvalue weighted by Gasteiger charge is 2.30. The molecule has 4 aromatic rings. The Morgan fingerprint density at radius 1 is 1.19 bits per heavy atom. The summed E-state index contributed by atoms with van der Waals surface area (Å²) in [6, 6.07) is 7.40. The molecule has 10 nitrogen and oxygen atoms in total. The molecular weight excluding hydrogens is 396 g/mol. The van der Waals surface area contributed by atoms with Crippen molar-refractivity contribution in [2.75, 3.05) is 12.4 Å². The maximum absolute atomic E-state index is 12.4. The van der Waals surface area contributed by atoms with Crippen LogP contribution in [0.5, 0.6) is 0 Å². The van der Waals surface area contributed by atoms with E-state index < -0.39 is 0 Å². The van der Waals surface area contributed by atoms with Crippen molar-refractivity contribution in [3.8, 4) is 22.9 Å². The number of amides is 2. The molecule has 0 atom stereocenters. The molecule has 0 aliphatic heterocycles. The number of fused-ring (bicyclic) bond motifs is 1. The van der Waals surface area contributed by atoms with Gasteiger partial charge in [-0.15, -0.1) is 5.10 Å². The van der Waals surface area contributed by atoms with Gasteiger partial charge in [0.25, 0.3) is 5.91 Å². The summed E-state index contributed by atoms with van der Waals surface area (Å²) in [7, 11) is 3.36. The van der Waals surface area contributed by atoms with Crippen molar-refractivity contribution >= 4 is 28.5 Å². The molecule has 0 radical (unpaired) electrons. The number of aromatic nitrogens is 6. The van der Waals surface area contributed by atoms with Crippen LogP contribution >= 0.6 is 0 Å². The second-order valence-corrected chi connectivity index (χ2v) is 7.48. The SMILES string of the molecule is CNC(=O)c1cnc(NC(=O)C2CC2)c2[nH]c(-c3cccc(-c4ncn(C)n4)n3)cc12. The number of carbonyl (C=O) groups is 2. The molecule has 1 saturated carbocycles. The first-order chi connectivity index (χ1) is 15.0. The van der Waals surface area contributed by atoms with E-state index in [9.17, 15) is 9.59 Å². The first-order valence-electron chi connectivity index (χ1n) is 9.91. The summed E-state index contributed by atoms with van der Waals surface area (Å²) in [5.74, 6) is 0.634. The highest BCUT2D eigenvalue weighted by Crippen LogP contribution is 2.33. The van der Waals surface area contributed by atoms with Crippen LogP contribution in [-0.4, -0.2) is 48.6 Å². The standard InChI is InChI=1S/C21H20N8O2/c1-22-21(31)13-9-23-19(27-20(30)11-6-7-11)17-12(13)8-16(26-17)14-4-3-5-15(25-14)18-24-10-29(2)28-18/h3-5,8-11,26H,6-7H2,1-2H3,(H,22,31)(H,23,27,30). The second kappa shape index (κ2) is 7.31. The van der Waals surface area contributed by atoms with Crippen molar-refractivity contribution in [3.05, 3.63) is 42.4 Å². The summed E-state index contributed by atoms with van der Waals surface area (Å²) >= 11 is 0. The Balaban J connectivity index is 1.61. The van der Waals surface area contributed by atoms with E-state index in [1.54, 1.807) is 25.1 Å². The molecule has 31 heavy (non-hydrogen) atoms. The van der Waals surface area contributed by atoms with Crippen LogP contribution in [0.25, 0.3) is 33.8 Å². The summed E-state index contributed by atoms with van der Waals surface area (Å²) in [5.41, 5.74) is 2.96. The van der Waals surface area contributed by atoms with E-state index in [2.05, 4.69) is 35.7 Å². The number of H-pyrrole nitrogens is 1. The molecule has 4 heterocycles. The molecule has 0 bridgehead atoms. The number of nitrogens with one attached hydrogen (secondary N) is 3. The number of nitrogens with zero attached hydrogens (tertiary/aromatic N) is 5. The predicted molar refractivity (Wildman–Crippen MR) is 114 cm³/mol. The number of hydrogen-bond donors (Lipinski definition) is 3. The zero-order valence-electron chi connectivity index (χ0n) is 17.0. The normalized spacial score (nSPS) is 13.4. The molecule has 1 fully saturated rings. The number of anilines is 1. The molecule has 10 heteroatoms. The summed E-state index contributed by atoms with van der Waals surface area (Å²) in [5, 5.41) is 10.5. The van der Waals surface area contributed by atoms with Crippen LogP contribution in [0.2, 0.25) is 0 Å². The third-order valence-electron chi connectivity index (χ3n) is 5.18. The Bertz CT molecular complexity index is 1320. The molecule has 0 unspecified atom stereocenters. The van der Waals surface area contributed by atoms with Crippen molar-refractivity contribution in [2.24, 2.45) is 13.0 Å². The first kappa shape index (κ1) is 18.9. The molecule has 1 aliphatic rings. The van der Waals surface area contributed by atoms with Gasteiger partial charge < -0.3 is 15.6 Å². The summed E-state index contributed by atoms with van der Waals surface area (Å²) in [6.45, 7) is 0. The number of carbonyl (C=O) groups excluding carboxylic acids is 2. The molecule has 156 valence electrons. The van der Waals surface area contributed by atoms with E-state index in [4.69, 9.17) is 0 Å². The van der Waals surface area contributed by atoms with E-state index in [1.807, 2.05) is 24.3 Å². The highest BCUT2D eigenvalue weighted by molar-refractivity contribution is 6.11. The maximum Gasteiger partial charge on any atom is 0.253 e. The number of hydrogen-bond acceptors (Lipinski definition) is 6. The molecule has 1 aliphatic carbocycles. The minimum Gasteiger partial charge on any atom is -0.355 e. The van der Waals surface area contributed by atoms with Gasteiger partial charge in [-0.05, 0) is 31.0 Å². The van der Waals surface area contributed by atoms with E-state index in [1.165, 1.54) is 6.20 Å². The van der Waals surface area contributed by atoms with Gasteiger partial charge in [-0.1, -0.05) is 6.07 Å². The van der Waals surface area contributed by atoms with Gasteiger partial charge in [0.1, 0.15) is 12.0 Å². The summed E-state index contributed by atoms with van der Waals surface area (Å²) in [4.78, 5) is 41.2. The minimum atomic E-state index is -0.262. The highest BCUT2D eigenvalue weighted by atomic mass is 16.2. The van der Waals surface area contributed by atoms with E-state index in [0.717, 1.165) is 12.8 Å². The van der Waals surface area contributed by atoms with E-state index in [0.29, 0.717) is 45.2 Å². The number of rotatable bonds is 5. The number of pyridine rings is 2. The molecular formula is C21H20N8O2. The third-order valence-corrected chi connectivity index (χ3v) is 5.18. The number of aromatic amines is 1. The Labute approximate surface area is 177 Å². The quantitative estimate of drug-likeness (QED) is 0.457. The van der Waals surface area contributed by atoms with Crippen LogP contribution < -0.4 is 10.6 Å². The van der Waals surface area contributed by atoms with Gasteiger partial charge >= 0.3 is 0 Å². The van der Waals surface area contributed by atoms with Crippen LogP contribution in [0.15, 0.2) is 36.8 Å². The van der Waals surface area contributed by atoms with Gasteiger partial charge in [0.15, 0.2) is 11.6 Å². The lowest BCUT2D eigenvalue weighted by Crippen LogP contribution is -2.19. The third kappa shape index (κ3) is 3.52. The summed E-state index contributed by atoms with van der Waals surface area (Å²) in [6.07, 6.45) is 4.87. The molecule has 0 aromatic carbocycles. The van der Waals surface area contributed by atoms with Crippen LogP contribution in [0.1, 0.15) is 23.2 Å². The lowest BCUT2D eigenvalue weighted by atomic mass is 10.1. The lowest BCUT2D eigenvalue weighted by Gasteiger charge is -2.07. The Morgan fingerprint density at radius 2 is 2.00 bits per heavy atom. The van der Waals surface area contributed by atoms with Gasteiger partial charge in [0.05, 0.1) is 22.5 Å². The van der Waals surface area contributed by atoms with Crippen molar-refractivity contribution < 1.29 is 9.59 Å². The fourth-order valence-corrected chi connectivity index (χ4v) is 3.40. The van der Waals surface area contributed by atoms with Crippen LogP contribution in [-0.2, 0) is 11.8 Å². The van der Waals surface area contributed by atoms with Crippen LogP contribution in [0, 0.1) is 5.92 Å². The molecule has 5 rings (SSSR count). The van der Waals surface area contributed by atoms with Gasteiger partial charge in [0, 0.05) is 31.6 Å². The Morgan fingerprint density at radius 3 is 2.71 bits per heavy atom. The number of aryl methyl sites for hydroxylation is 1. The topological polar surface area (TPSA) is 130 Å². The van der Waals surface area contributed by atoms with Crippen molar-refractivity contribution in [3.63, 3.8) is 0 Å². The van der Waals surface area contributed by atoms with Gasteiger partial charge in [-0.25, -0.2) is 15.0 Å². The fourth-order valence-electron chi connectivity index (χ4n) is 3.40. The van der Waals surface area contributed by atoms with Gasteiger partial charge in [-0.3, -0.25) is 14.3 Å². The predicted octanol–water partition coefficient (Wildman–Crippen LogP) is 2.13. The zero-order chi connectivity index (χ0) is 21.5. The fraction of sp³-hybridized carbons (Fsp3) is 0.238. The van der Waals surface area contributed by atoms with E-state index >= 15 is 0 Å². The monoisotopic (exact) mass is 416 g/mol. The van der Waals surface area contributed by atoms with E-state index in [-0.39, 0.29) is 17.7 Å².